The summed E-state index contributed by atoms with van der Waals surface area (Å²) < 4.78 is 0. The minimum atomic E-state index is 0.569. The fourth-order valence-electron chi connectivity index (χ4n) is 3.68. The first-order chi connectivity index (χ1) is 12.3. The zero-order valence-electron chi connectivity index (χ0n) is 14.1. The van der Waals surface area contributed by atoms with E-state index in [0.717, 1.165) is 23.2 Å². The normalized spacial score (nSPS) is 17.5. The number of nitriles is 1. The van der Waals surface area contributed by atoms with Crippen LogP contribution in [0.15, 0.2) is 66.0 Å². The van der Waals surface area contributed by atoms with E-state index in [0.29, 0.717) is 6.04 Å². The Hall–Kier alpha value is -2.41. The van der Waals surface area contributed by atoms with Crippen LogP contribution in [-0.4, -0.2) is 11.4 Å². The second-order valence-corrected chi connectivity index (χ2v) is 7.48. The highest BCUT2D eigenvalue weighted by Crippen LogP contribution is 2.35. The molecule has 3 aromatic rings. The van der Waals surface area contributed by atoms with Crippen molar-refractivity contribution in [3.05, 3.63) is 82.0 Å². The van der Waals surface area contributed by atoms with Gasteiger partial charge in [-0.1, -0.05) is 48.5 Å². The van der Waals surface area contributed by atoms with Crippen LogP contribution < -0.4 is 0 Å². The van der Waals surface area contributed by atoms with Gasteiger partial charge >= 0.3 is 0 Å². The number of hydrogen-bond donors (Lipinski definition) is 0. The Morgan fingerprint density at radius 2 is 1.88 bits per heavy atom. The third-order valence-corrected chi connectivity index (χ3v) is 5.91. The van der Waals surface area contributed by atoms with Crippen molar-refractivity contribution in [2.24, 2.45) is 0 Å². The Morgan fingerprint density at radius 1 is 1.04 bits per heavy atom. The second kappa shape index (κ2) is 7.23. The van der Waals surface area contributed by atoms with E-state index in [-0.39, 0.29) is 0 Å². The van der Waals surface area contributed by atoms with Gasteiger partial charge in [0.25, 0.3) is 0 Å². The standard InChI is InChI=1S/C22H20N2S/c23-15-19-5-1-2-6-20(19)18-11-9-17(10-12-18)16-24-13-3-7-21(24)22-8-4-14-25-22/h1-2,4-6,8-12,14,21H,3,7,13,16H2. The monoisotopic (exact) mass is 344 g/mol. The molecule has 0 N–H and O–H groups in total. The molecule has 1 aromatic heterocycles. The lowest BCUT2D eigenvalue weighted by molar-refractivity contribution is 0.251. The summed E-state index contributed by atoms with van der Waals surface area (Å²) in [5.74, 6) is 0. The lowest BCUT2D eigenvalue weighted by Gasteiger charge is -2.23. The second-order valence-electron chi connectivity index (χ2n) is 6.50. The van der Waals surface area contributed by atoms with E-state index in [1.807, 2.05) is 35.6 Å². The Kier molecular flexibility index (Phi) is 4.65. The molecule has 0 radical (unpaired) electrons. The van der Waals surface area contributed by atoms with Crippen molar-refractivity contribution >= 4 is 11.3 Å². The van der Waals surface area contributed by atoms with Crippen LogP contribution in [0.4, 0.5) is 0 Å². The quantitative estimate of drug-likeness (QED) is 0.614. The maximum absolute atomic E-state index is 9.29. The van der Waals surface area contributed by atoms with Crippen LogP contribution in [0.1, 0.15) is 34.9 Å². The van der Waals surface area contributed by atoms with Crippen LogP contribution in [0.3, 0.4) is 0 Å². The topological polar surface area (TPSA) is 27.0 Å². The molecule has 1 saturated heterocycles. The van der Waals surface area contributed by atoms with E-state index in [9.17, 15) is 5.26 Å². The maximum Gasteiger partial charge on any atom is 0.0998 e. The molecular formula is C22H20N2S. The van der Waals surface area contributed by atoms with Crippen LogP contribution in [0.5, 0.6) is 0 Å². The molecule has 2 aromatic carbocycles. The van der Waals surface area contributed by atoms with Gasteiger partial charge in [0.1, 0.15) is 0 Å². The molecule has 0 amide bonds. The van der Waals surface area contributed by atoms with E-state index < -0.39 is 0 Å². The molecule has 4 rings (SSSR count). The first kappa shape index (κ1) is 16.1. The third kappa shape index (κ3) is 3.37. The zero-order chi connectivity index (χ0) is 17.1. The fourth-order valence-corrected chi connectivity index (χ4v) is 4.57. The summed E-state index contributed by atoms with van der Waals surface area (Å²) in [6.45, 7) is 2.16. The Labute approximate surface area is 153 Å². The summed E-state index contributed by atoms with van der Waals surface area (Å²) in [5.41, 5.74) is 4.18. The van der Waals surface area contributed by atoms with Gasteiger partial charge in [0.15, 0.2) is 0 Å². The summed E-state index contributed by atoms with van der Waals surface area (Å²) in [7, 11) is 0. The molecule has 1 unspecified atom stereocenters. The van der Waals surface area contributed by atoms with Crippen molar-refractivity contribution < 1.29 is 0 Å². The number of benzene rings is 2. The Balaban J connectivity index is 1.52. The van der Waals surface area contributed by atoms with Gasteiger partial charge in [0, 0.05) is 17.5 Å². The highest BCUT2D eigenvalue weighted by molar-refractivity contribution is 7.10. The Bertz CT molecular complexity index is 875. The molecule has 3 heteroatoms. The van der Waals surface area contributed by atoms with E-state index in [1.165, 1.54) is 29.8 Å². The van der Waals surface area contributed by atoms with E-state index in [2.05, 4.69) is 52.7 Å². The van der Waals surface area contributed by atoms with Crippen molar-refractivity contribution in [1.82, 2.24) is 4.90 Å². The summed E-state index contributed by atoms with van der Waals surface area (Å²) in [5, 5.41) is 11.5. The molecule has 0 spiro atoms. The fraction of sp³-hybridized carbons (Fsp3) is 0.227. The average Bonchev–Trinajstić information content (AvgIpc) is 3.34. The van der Waals surface area contributed by atoms with Crippen molar-refractivity contribution in [1.29, 1.82) is 5.26 Å². The van der Waals surface area contributed by atoms with Gasteiger partial charge in [-0.3, -0.25) is 4.90 Å². The third-order valence-electron chi connectivity index (χ3n) is 4.93. The zero-order valence-corrected chi connectivity index (χ0v) is 14.9. The molecule has 2 nitrogen and oxygen atoms in total. The molecule has 2 heterocycles. The highest BCUT2D eigenvalue weighted by atomic mass is 32.1. The van der Waals surface area contributed by atoms with Crippen LogP contribution in [-0.2, 0) is 6.54 Å². The molecule has 1 fully saturated rings. The number of rotatable bonds is 4. The summed E-state index contributed by atoms with van der Waals surface area (Å²) in [4.78, 5) is 4.07. The number of thiophene rings is 1. The molecule has 25 heavy (non-hydrogen) atoms. The lowest BCUT2D eigenvalue weighted by atomic mass is 9.99. The smallest absolute Gasteiger partial charge is 0.0998 e. The number of hydrogen-bond acceptors (Lipinski definition) is 3. The van der Waals surface area contributed by atoms with Gasteiger partial charge in [-0.05, 0) is 53.6 Å². The summed E-state index contributed by atoms with van der Waals surface area (Å²) >= 11 is 1.87. The first-order valence-corrected chi connectivity index (χ1v) is 9.59. The SMILES string of the molecule is N#Cc1ccccc1-c1ccc(CN2CCCC2c2cccs2)cc1. The van der Waals surface area contributed by atoms with E-state index in [4.69, 9.17) is 0 Å². The Morgan fingerprint density at radius 3 is 2.64 bits per heavy atom. The van der Waals surface area contributed by atoms with Gasteiger partial charge in [-0.25, -0.2) is 0 Å². The van der Waals surface area contributed by atoms with Crippen LogP contribution >= 0.6 is 11.3 Å². The molecule has 0 aliphatic carbocycles. The predicted octanol–water partition coefficient (Wildman–Crippen LogP) is 5.62. The van der Waals surface area contributed by atoms with Gasteiger partial charge in [-0.2, -0.15) is 5.26 Å². The number of likely N-dealkylation sites (tertiary alicyclic amines) is 1. The lowest BCUT2D eigenvalue weighted by Crippen LogP contribution is -2.22. The first-order valence-electron chi connectivity index (χ1n) is 8.71. The largest absolute Gasteiger partial charge is 0.291 e. The molecule has 1 atom stereocenters. The van der Waals surface area contributed by atoms with E-state index in [1.54, 1.807) is 0 Å². The summed E-state index contributed by atoms with van der Waals surface area (Å²) in [6, 6.07) is 23.7. The van der Waals surface area contributed by atoms with Gasteiger partial charge in [0.2, 0.25) is 0 Å². The molecule has 124 valence electrons. The van der Waals surface area contributed by atoms with Crippen LogP contribution in [0.2, 0.25) is 0 Å². The average molecular weight is 344 g/mol. The maximum atomic E-state index is 9.29. The molecule has 1 aliphatic heterocycles. The van der Waals surface area contributed by atoms with Crippen molar-refractivity contribution in [2.75, 3.05) is 6.54 Å². The van der Waals surface area contributed by atoms with Crippen molar-refractivity contribution in [3.63, 3.8) is 0 Å². The van der Waals surface area contributed by atoms with Gasteiger partial charge < -0.3 is 0 Å². The molecular weight excluding hydrogens is 324 g/mol. The highest BCUT2D eigenvalue weighted by Gasteiger charge is 2.26. The number of nitrogens with zero attached hydrogens (tertiary/aromatic N) is 2. The van der Waals surface area contributed by atoms with Crippen molar-refractivity contribution in [3.8, 4) is 17.2 Å². The van der Waals surface area contributed by atoms with E-state index >= 15 is 0 Å². The molecule has 1 aliphatic rings. The van der Waals surface area contributed by atoms with Crippen LogP contribution in [0.25, 0.3) is 11.1 Å². The minimum Gasteiger partial charge on any atom is -0.291 e. The minimum absolute atomic E-state index is 0.569. The van der Waals surface area contributed by atoms with Gasteiger partial charge in [0.05, 0.1) is 11.6 Å². The molecule has 0 saturated carbocycles. The summed E-state index contributed by atoms with van der Waals surface area (Å²) in [6.07, 6.45) is 2.53. The predicted molar refractivity (Wildman–Crippen MR) is 103 cm³/mol. The van der Waals surface area contributed by atoms with Gasteiger partial charge in [-0.15, -0.1) is 11.3 Å². The van der Waals surface area contributed by atoms with Crippen LogP contribution in [0, 0.1) is 11.3 Å². The van der Waals surface area contributed by atoms with Crippen molar-refractivity contribution in [2.45, 2.75) is 25.4 Å². The molecule has 0 bridgehead atoms.